The molecule has 4 saturated heterocycles. The van der Waals surface area contributed by atoms with E-state index in [0.29, 0.717) is 0 Å². The second kappa shape index (κ2) is 48.1. The normalized spacial score (nSPS) is 24.1. The molecule has 0 aliphatic carbocycles. The van der Waals surface area contributed by atoms with Crippen molar-refractivity contribution >= 4 is 118 Å². The molecule has 726 valence electrons. The Labute approximate surface area is 813 Å². The molecule has 0 unspecified atom stereocenters. The number of ether oxygens (including phenoxy) is 21. The number of hydrogen-bond acceptors (Lipinski definition) is 35. The zero-order chi connectivity index (χ0) is 98.9. The van der Waals surface area contributed by atoms with E-state index in [0.717, 1.165) is 20.8 Å². The molecule has 20 atom stereocenters. The summed E-state index contributed by atoms with van der Waals surface area (Å²) in [4.78, 5) is 192. The maximum absolute atomic E-state index is 15.7. The Balaban J connectivity index is 0.993. The van der Waals surface area contributed by atoms with Crippen molar-refractivity contribution in [2.75, 3.05) is 26.4 Å². The third-order valence-corrected chi connectivity index (χ3v) is 22.2. The van der Waals surface area contributed by atoms with E-state index in [9.17, 15) is 39.0 Å². The molecule has 0 aromatic heterocycles. The van der Waals surface area contributed by atoms with Gasteiger partial charge in [-0.15, -0.1) is 0 Å². The topological polar surface area (TPSA) is 440 Å². The number of esters is 13. The van der Waals surface area contributed by atoms with E-state index in [1.165, 1.54) is 249 Å². The summed E-state index contributed by atoms with van der Waals surface area (Å²) in [5.74, 6) is -16.5. The van der Waals surface area contributed by atoms with Crippen LogP contribution in [-0.4, -0.2) is 237 Å². The van der Waals surface area contributed by atoms with Crippen LogP contribution in [0.25, 0.3) is 0 Å². The number of benzene rings is 10. The van der Waals surface area contributed by atoms with Crippen LogP contribution in [0.2, 0.25) is 0 Å². The predicted octanol–water partition coefficient (Wildman–Crippen LogP) is 13.0. The molecule has 38 heteroatoms. The molecule has 0 spiro atoms. The zero-order valence-corrected chi connectivity index (χ0v) is 76.5. The van der Waals surface area contributed by atoms with Gasteiger partial charge in [0.25, 0.3) is 3.79 Å². The highest BCUT2D eigenvalue weighted by atomic mass is 35.6. The molecule has 0 saturated carbocycles. The molecule has 1 N–H and O–H groups in total. The first-order chi connectivity index (χ1) is 67.6. The van der Waals surface area contributed by atoms with Crippen molar-refractivity contribution in [3.8, 4) is 0 Å². The van der Waals surface area contributed by atoms with E-state index in [2.05, 4.69) is 0 Å². The van der Waals surface area contributed by atoms with Crippen molar-refractivity contribution in [2.24, 2.45) is 0 Å². The minimum Gasteiger partial charge on any atom is -0.463 e. The SMILES string of the molecule is CC(=O)OC[C@H]1O[C@H](O[C@@H]2[C@@H](O[C@@H]3[C@@H](OC(=N)C(Cl)(Cl)Cl)O[C@H](COC(=O)c4ccccc4)[C@@H](OC(=O)c4ccccc4)[C@@H]3OC(=O)c3ccccc3)O[C@H](COC(=O)c3ccccc3)[C@@H](OC(=O)c3ccccc3)[C@@H]2OC(=O)c2ccccc2)[C@@H](OC(C)=O)[C@@H](O[C@H]2O[C@H](COC(=O)c3ccccc3)[C@@H](OC(=O)c3ccccc3)[C@H](OC(=O)c3ccccc3)[C@@H]2OC(=O)c2ccccc2)[C@@H]1OC(C)=O. The number of halogens is 3. The van der Waals surface area contributed by atoms with Gasteiger partial charge in [0, 0.05) is 20.8 Å². The summed E-state index contributed by atoms with van der Waals surface area (Å²) in [7, 11) is 0. The van der Waals surface area contributed by atoms with Crippen molar-refractivity contribution in [2.45, 2.75) is 147 Å². The quantitative estimate of drug-likeness (QED) is 0.0129. The molecule has 4 aliphatic rings. The minimum absolute atomic E-state index is 0.0218. The molecule has 0 amide bonds. The molecule has 14 rings (SSSR count). The van der Waals surface area contributed by atoms with E-state index in [1.54, 1.807) is 54.6 Å². The van der Waals surface area contributed by atoms with Crippen LogP contribution in [0.1, 0.15) is 124 Å². The summed E-state index contributed by atoms with van der Waals surface area (Å²) in [5.41, 5.74) is -1.42. The lowest BCUT2D eigenvalue weighted by Gasteiger charge is -2.51. The average Bonchev–Trinajstić information content (AvgIpc) is 0.748. The van der Waals surface area contributed by atoms with Crippen LogP contribution < -0.4 is 0 Å². The fourth-order valence-electron chi connectivity index (χ4n) is 15.2. The molecule has 0 bridgehead atoms. The Bertz CT molecular complexity index is 5950. The molecule has 35 nitrogen and oxygen atoms in total. The zero-order valence-electron chi connectivity index (χ0n) is 74.3. The number of carbonyl (C=O) groups excluding carboxylic acids is 13. The van der Waals surface area contributed by atoms with Gasteiger partial charge < -0.3 is 99.5 Å². The van der Waals surface area contributed by atoms with Gasteiger partial charge in [-0.25, -0.2) is 47.9 Å². The molecule has 0 radical (unpaired) electrons. The van der Waals surface area contributed by atoms with Gasteiger partial charge in [-0.3, -0.25) is 19.8 Å². The van der Waals surface area contributed by atoms with Crippen molar-refractivity contribution in [3.05, 3.63) is 359 Å². The first-order valence-corrected chi connectivity index (χ1v) is 44.6. The highest BCUT2D eigenvalue weighted by molar-refractivity contribution is 6.76. The third kappa shape index (κ3) is 26.6. The Morgan fingerprint density at radius 1 is 0.221 bits per heavy atom. The van der Waals surface area contributed by atoms with E-state index in [4.69, 9.17) is 134 Å². The second-order valence-electron chi connectivity index (χ2n) is 31.4. The Hall–Kier alpha value is -14.6. The lowest BCUT2D eigenvalue weighted by molar-refractivity contribution is -0.397. The summed E-state index contributed by atoms with van der Waals surface area (Å²) < 4.78 is 134. The van der Waals surface area contributed by atoms with Crippen LogP contribution in [0, 0.1) is 5.41 Å². The molecule has 4 fully saturated rings. The van der Waals surface area contributed by atoms with Crippen LogP contribution in [0.15, 0.2) is 303 Å². The summed E-state index contributed by atoms with van der Waals surface area (Å²) >= 11 is 19.5. The molecule has 10 aromatic carbocycles. The fraction of sp³-hybridized carbons (Fsp3) is 0.275. The first kappa shape index (κ1) is 101. The van der Waals surface area contributed by atoms with Gasteiger partial charge in [-0.2, -0.15) is 0 Å². The van der Waals surface area contributed by atoms with Crippen LogP contribution in [0.4, 0.5) is 0 Å². The van der Waals surface area contributed by atoms with Crippen LogP contribution in [-0.2, 0) is 114 Å². The fourth-order valence-corrected chi connectivity index (χ4v) is 15.3. The van der Waals surface area contributed by atoms with Crippen molar-refractivity contribution < 1.29 is 162 Å². The van der Waals surface area contributed by atoms with Gasteiger partial charge in [-0.1, -0.05) is 217 Å². The van der Waals surface area contributed by atoms with Crippen molar-refractivity contribution in [3.63, 3.8) is 0 Å². The van der Waals surface area contributed by atoms with Gasteiger partial charge in [0.2, 0.25) is 12.2 Å². The van der Waals surface area contributed by atoms with Crippen molar-refractivity contribution in [1.82, 2.24) is 0 Å². The van der Waals surface area contributed by atoms with E-state index < -0.39 is 237 Å². The number of rotatable bonds is 34. The van der Waals surface area contributed by atoms with E-state index >= 15 is 28.8 Å². The van der Waals surface area contributed by atoms with E-state index in [1.807, 2.05) is 0 Å². The maximum Gasteiger partial charge on any atom is 0.338 e. The highest BCUT2D eigenvalue weighted by Gasteiger charge is 2.63. The van der Waals surface area contributed by atoms with Gasteiger partial charge >= 0.3 is 77.6 Å². The average molecular weight is 1980 g/mol. The second-order valence-corrected chi connectivity index (χ2v) is 33.7. The Morgan fingerprint density at radius 3 is 0.657 bits per heavy atom. The smallest absolute Gasteiger partial charge is 0.338 e. The van der Waals surface area contributed by atoms with Crippen LogP contribution >= 0.6 is 34.8 Å². The predicted molar refractivity (Wildman–Crippen MR) is 486 cm³/mol. The number of carbonyl (C=O) groups is 13. The minimum atomic E-state index is -2.88. The number of alkyl halides is 3. The molecular weight excluding hydrogens is 1890 g/mol. The lowest BCUT2D eigenvalue weighted by Crippen LogP contribution is -2.70. The highest BCUT2D eigenvalue weighted by Crippen LogP contribution is 2.43. The molecular formula is C102H88Cl3NO34. The van der Waals surface area contributed by atoms with Gasteiger partial charge in [0.05, 0.1) is 55.6 Å². The standard InChI is InChI=1S/C102H88Cl3NO34/c1-58(107)120-54-71-75(124-59(2)108)82(137-98-84(136-96(119)70-52-32-13-33-53-70)79(133-93(116)67-46-26-10-27-47-67)76(130-90(113)64-40-20-7-21-41-64)72(127-98)55-121-87(110)61-34-14-4-15-35-61)83(125-60(3)109)97(126-71)138-85-80(134-94(117)68-48-28-11-29-49-68)77(131-91(114)65-42-22-8-23-43-65)73(56-122-88(111)62-36-16-5-17-37-62)128-99(85)139-86-81(135-95(118)69-50-30-12-31-51-69)78(132-92(115)66-44-24-9-25-45-66)74(129-100(86)140-101(106)102(103,104)105)57-123-89(112)63-38-18-6-19-39-63/h4-53,71-86,97-100,106H,54-57H2,1-3H3/t71-,72-,73-,74-,75-,76-,77-,78-,79+,80+,81+,82+,83+,84+,85+,86+,97-,98-,99-,100-/m1/s1. The third-order valence-electron chi connectivity index (χ3n) is 21.7. The molecule has 10 aromatic rings. The van der Waals surface area contributed by atoms with Crippen molar-refractivity contribution in [1.29, 1.82) is 5.41 Å². The lowest BCUT2D eigenvalue weighted by atomic mass is 9.94. The maximum atomic E-state index is 15.7. The summed E-state index contributed by atoms with van der Waals surface area (Å²) in [6, 6.07) is 72.3. The summed E-state index contributed by atoms with van der Waals surface area (Å²) in [5, 5.41) is 9.28. The summed E-state index contributed by atoms with van der Waals surface area (Å²) in [6.45, 7) is -1.38. The van der Waals surface area contributed by atoms with Gasteiger partial charge in [-0.05, 0) is 121 Å². The number of nitrogens with one attached hydrogen (secondary N) is 1. The number of hydrogen-bond donors (Lipinski definition) is 1. The van der Waals surface area contributed by atoms with Crippen LogP contribution in [0.3, 0.4) is 0 Å². The van der Waals surface area contributed by atoms with Gasteiger partial charge in [0.1, 0.15) is 56.9 Å². The summed E-state index contributed by atoms with van der Waals surface area (Å²) in [6.07, 6.45) is -46.6. The largest absolute Gasteiger partial charge is 0.463 e. The first-order valence-electron chi connectivity index (χ1n) is 43.5. The van der Waals surface area contributed by atoms with Crippen LogP contribution in [0.5, 0.6) is 0 Å². The Morgan fingerprint density at radius 2 is 0.407 bits per heavy atom. The monoisotopic (exact) mass is 1980 g/mol. The Kier molecular flexibility index (Phi) is 34.8. The molecule has 4 heterocycles. The van der Waals surface area contributed by atoms with E-state index in [-0.39, 0.29) is 55.6 Å². The molecule has 4 aliphatic heterocycles. The molecule has 140 heavy (non-hydrogen) atoms. The van der Waals surface area contributed by atoms with Gasteiger partial charge in [0.15, 0.2) is 86.0 Å².